The van der Waals surface area contributed by atoms with Crippen LogP contribution in [-0.2, 0) is 23.4 Å². The van der Waals surface area contributed by atoms with E-state index in [9.17, 15) is 13.2 Å². The van der Waals surface area contributed by atoms with Gasteiger partial charge in [0.15, 0.2) is 0 Å². The molecule has 49 heavy (non-hydrogen) atoms. The predicted octanol–water partition coefficient (Wildman–Crippen LogP) is 5.05. The number of pyridine rings is 1. The number of aryl methyl sites for hydroxylation is 1. The lowest BCUT2D eigenvalue weighted by atomic mass is 10.1. The highest BCUT2D eigenvalue weighted by Gasteiger charge is 2.26. The number of nitrogens with zero attached hydrogens (tertiary/aromatic N) is 6. The molecule has 1 atom stereocenters. The second-order valence-corrected chi connectivity index (χ2v) is 13.9. The zero-order valence-corrected chi connectivity index (χ0v) is 28.0. The lowest BCUT2D eigenvalue weighted by Crippen LogP contribution is -2.37. The monoisotopic (exact) mass is 676 g/mol. The van der Waals surface area contributed by atoms with Crippen LogP contribution in [0.1, 0.15) is 18.5 Å². The van der Waals surface area contributed by atoms with Gasteiger partial charge in [-0.15, -0.1) is 0 Å². The first-order valence-electron chi connectivity index (χ1n) is 16.0. The van der Waals surface area contributed by atoms with Gasteiger partial charge in [0.1, 0.15) is 33.8 Å². The third kappa shape index (κ3) is 6.76. The first-order valence-corrected chi connectivity index (χ1v) is 17.5. The second kappa shape index (κ2) is 13.5. The fraction of sp³-hybridized carbons (Fsp3) is 0.222. The van der Waals surface area contributed by atoms with Gasteiger partial charge in [0.2, 0.25) is 15.8 Å². The molecule has 3 aromatic heterocycles. The molecular formula is C36H36N8O4S. The molecule has 250 valence electrons. The van der Waals surface area contributed by atoms with Crippen molar-refractivity contribution in [1.29, 1.82) is 0 Å². The first kappa shape index (κ1) is 32.0. The van der Waals surface area contributed by atoms with Crippen molar-refractivity contribution >= 4 is 43.9 Å². The number of aromatic nitrogens is 5. The van der Waals surface area contributed by atoms with Crippen molar-refractivity contribution in [3.63, 3.8) is 0 Å². The Morgan fingerprint density at radius 1 is 1.02 bits per heavy atom. The van der Waals surface area contributed by atoms with E-state index in [2.05, 4.69) is 20.7 Å². The van der Waals surface area contributed by atoms with Gasteiger partial charge >= 0.3 is 0 Å². The zero-order valence-electron chi connectivity index (χ0n) is 27.2. The molecule has 1 saturated heterocycles. The van der Waals surface area contributed by atoms with Gasteiger partial charge in [-0.1, -0.05) is 36.4 Å². The van der Waals surface area contributed by atoms with Gasteiger partial charge in [0.05, 0.1) is 11.4 Å². The van der Waals surface area contributed by atoms with Crippen molar-refractivity contribution in [2.45, 2.75) is 35.3 Å². The van der Waals surface area contributed by atoms with Gasteiger partial charge in [-0.2, -0.15) is 10.1 Å². The molecule has 7 rings (SSSR count). The minimum absolute atomic E-state index is 0.0155. The molecule has 3 aromatic carbocycles. The van der Waals surface area contributed by atoms with E-state index in [-0.39, 0.29) is 39.6 Å². The Morgan fingerprint density at radius 2 is 1.76 bits per heavy atom. The molecule has 0 bridgehead atoms. The van der Waals surface area contributed by atoms with E-state index in [4.69, 9.17) is 9.72 Å². The van der Waals surface area contributed by atoms with E-state index in [0.29, 0.717) is 16.7 Å². The highest BCUT2D eigenvalue weighted by Crippen LogP contribution is 2.28. The maximum atomic E-state index is 14.3. The first-order chi connectivity index (χ1) is 23.8. The Kier molecular flexibility index (Phi) is 8.85. The van der Waals surface area contributed by atoms with Crippen molar-refractivity contribution in [3.8, 4) is 5.75 Å². The Morgan fingerprint density at radius 3 is 2.47 bits per heavy atom. The van der Waals surface area contributed by atoms with Crippen molar-refractivity contribution in [2.75, 3.05) is 30.4 Å². The average Bonchev–Trinajstić information content (AvgIpc) is 3.52. The van der Waals surface area contributed by atoms with Crippen molar-refractivity contribution in [3.05, 3.63) is 119 Å². The topological polar surface area (TPSA) is 136 Å². The number of hydrogen-bond donors (Lipinski definition) is 2. The summed E-state index contributed by atoms with van der Waals surface area (Å²) in [5.41, 5.74) is 2.09. The third-order valence-corrected chi connectivity index (χ3v) is 10.3. The number of hydrogen-bond acceptors (Lipinski definition) is 10. The molecule has 1 unspecified atom stereocenters. The van der Waals surface area contributed by atoms with Crippen LogP contribution in [0.5, 0.6) is 5.75 Å². The van der Waals surface area contributed by atoms with Gasteiger partial charge in [-0.25, -0.2) is 13.4 Å². The van der Waals surface area contributed by atoms with E-state index >= 15 is 0 Å². The molecule has 6 aromatic rings. The molecule has 4 heterocycles. The fourth-order valence-electron chi connectivity index (χ4n) is 5.96. The molecule has 0 aliphatic carbocycles. The summed E-state index contributed by atoms with van der Waals surface area (Å²) in [6, 6.07) is 27.0. The number of piperidine rings is 1. The summed E-state index contributed by atoms with van der Waals surface area (Å²) in [6.45, 7) is 1.70. The van der Waals surface area contributed by atoms with Crippen LogP contribution >= 0.6 is 0 Å². The van der Waals surface area contributed by atoms with E-state index in [1.807, 2.05) is 61.6 Å². The Bertz CT molecular complexity index is 2250. The molecule has 1 aliphatic heterocycles. The Labute approximate surface area is 283 Å². The minimum atomic E-state index is -3.93. The maximum absolute atomic E-state index is 14.3. The number of anilines is 4. The van der Waals surface area contributed by atoms with Crippen molar-refractivity contribution in [1.82, 2.24) is 29.6 Å². The third-order valence-electron chi connectivity index (χ3n) is 8.50. The second-order valence-electron chi connectivity index (χ2n) is 12.0. The van der Waals surface area contributed by atoms with Crippen LogP contribution in [0.15, 0.2) is 118 Å². The molecule has 1 fully saturated rings. The summed E-state index contributed by atoms with van der Waals surface area (Å²) < 4.78 is 36.5. The summed E-state index contributed by atoms with van der Waals surface area (Å²) >= 11 is 0. The lowest BCUT2D eigenvalue weighted by molar-refractivity contribution is 0.167. The van der Waals surface area contributed by atoms with Crippen LogP contribution in [0.3, 0.4) is 0 Å². The van der Waals surface area contributed by atoms with Gasteiger partial charge < -0.3 is 20.3 Å². The number of fused-ring (bicyclic) bond motifs is 1. The smallest absolute Gasteiger partial charge is 0.276 e. The highest BCUT2D eigenvalue weighted by atomic mass is 32.2. The Balaban J connectivity index is 1.27. The van der Waals surface area contributed by atoms with Crippen LogP contribution in [0.2, 0.25) is 0 Å². The number of sulfone groups is 1. The quantitative estimate of drug-likeness (QED) is 0.203. The Hall–Kier alpha value is -5.53. The molecule has 2 N–H and O–H groups in total. The van der Waals surface area contributed by atoms with E-state index in [0.717, 1.165) is 43.1 Å². The van der Waals surface area contributed by atoms with Gasteiger partial charge in [-0.3, -0.25) is 14.0 Å². The summed E-state index contributed by atoms with van der Waals surface area (Å²) in [6.07, 6.45) is 5.35. The van der Waals surface area contributed by atoms with Crippen LogP contribution in [0.4, 0.5) is 23.0 Å². The van der Waals surface area contributed by atoms with Crippen LogP contribution < -0.4 is 25.8 Å². The fourth-order valence-corrected chi connectivity index (χ4v) is 7.44. The number of nitrogens with one attached hydrogen (secondary N) is 2. The van der Waals surface area contributed by atoms with Crippen molar-refractivity contribution in [2.24, 2.45) is 7.05 Å². The molecular weight excluding hydrogens is 641 g/mol. The normalized spacial score (nSPS) is 14.9. The van der Waals surface area contributed by atoms with Gasteiger partial charge in [0, 0.05) is 49.8 Å². The van der Waals surface area contributed by atoms with Crippen molar-refractivity contribution < 1.29 is 13.2 Å². The molecule has 0 radical (unpaired) electrons. The highest BCUT2D eigenvalue weighted by molar-refractivity contribution is 7.91. The summed E-state index contributed by atoms with van der Waals surface area (Å²) in [7, 11) is -0.472. The molecule has 0 amide bonds. The largest absolute Gasteiger partial charge is 0.489 e. The number of ether oxygens (including phenoxy) is 1. The lowest BCUT2D eigenvalue weighted by Gasteiger charge is -2.24. The molecule has 1 aliphatic rings. The van der Waals surface area contributed by atoms with E-state index in [1.165, 1.54) is 15.4 Å². The number of para-hydroxylation sites is 1. The maximum Gasteiger partial charge on any atom is 0.276 e. The van der Waals surface area contributed by atoms with E-state index < -0.39 is 9.84 Å². The zero-order chi connectivity index (χ0) is 34.0. The average molecular weight is 677 g/mol. The molecule has 0 spiro atoms. The number of benzene rings is 3. The molecule has 13 heteroatoms. The minimum Gasteiger partial charge on any atom is -0.489 e. The van der Waals surface area contributed by atoms with E-state index in [1.54, 1.807) is 54.5 Å². The molecule has 0 saturated carbocycles. The SMILES string of the molecule is CN(c1ccccc1)c1cc2cnc(Nc3ccc(OC4CCCNC4)cc3)nc2n(Cc2nn(C)cc2S(=O)(=O)c2ccccc2)c1=O. The van der Waals surface area contributed by atoms with Crippen LogP contribution in [-0.4, -0.2) is 59.0 Å². The predicted molar refractivity (Wildman–Crippen MR) is 189 cm³/mol. The summed E-state index contributed by atoms with van der Waals surface area (Å²) in [5, 5.41) is 11.7. The molecule has 12 nitrogen and oxygen atoms in total. The standard InChI is InChI=1S/C36H36N8O4S/c1-42-24-33(49(46,47)30-13-7-4-8-14-30)31(41-42)23-44-34-25(20-32(35(44)45)43(2)27-10-5-3-6-11-27)21-38-36(40-34)39-26-15-17-28(18-16-26)48-29-12-9-19-37-22-29/h3-8,10-11,13-18,20-21,24,29,37H,9,12,19,22-23H2,1-2H3,(H,38,39,40). The summed E-state index contributed by atoms with van der Waals surface area (Å²) in [5.74, 6) is 1.05. The van der Waals surface area contributed by atoms with Crippen LogP contribution in [0, 0.1) is 0 Å². The van der Waals surface area contributed by atoms with Gasteiger partial charge in [-0.05, 0) is 74.0 Å². The summed E-state index contributed by atoms with van der Waals surface area (Å²) in [4.78, 5) is 25.6. The number of rotatable bonds is 10. The van der Waals surface area contributed by atoms with Crippen LogP contribution in [0.25, 0.3) is 11.0 Å². The van der Waals surface area contributed by atoms with Gasteiger partial charge in [0.25, 0.3) is 5.56 Å².